The quantitative estimate of drug-likeness (QED) is 0.830. The molecule has 0 aliphatic heterocycles. The molecule has 1 unspecified atom stereocenters. The molecule has 6 heteroatoms. The molecule has 0 aliphatic rings. The lowest BCUT2D eigenvalue weighted by molar-refractivity contribution is 0.0945. The Morgan fingerprint density at radius 3 is 2.17 bits per heavy atom. The van der Waals surface area contributed by atoms with E-state index < -0.39 is 23.6 Å². The normalized spacial score (nSPS) is 12.0. The average Bonchev–Trinajstić information content (AvgIpc) is 2.52. The predicted molar refractivity (Wildman–Crippen MR) is 80.4 cm³/mol. The smallest absolute Gasteiger partial charge is 0.251 e. The molecule has 1 atom stereocenters. The summed E-state index contributed by atoms with van der Waals surface area (Å²) in [6.45, 7) is 1.97. The molecule has 0 aliphatic carbocycles. The van der Waals surface area contributed by atoms with Gasteiger partial charge in [-0.15, -0.1) is 0 Å². The summed E-state index contributed by atoms with van der Waals surface area (Å²) in [6.07, 6.45) is -0.0567. The lowest BCUT2D eigenvalue weighted by Gasteiger charge is -2.08. The van der Waals surface area contributed by atoms with Gasteiger partial charge in [0.25, 0.3) is 5.91 Å². The summed E-state index contributed by atoms with van der Waals surface area (Å²) in [6, 6.07) is 7.86. The first kappa shape index (κ1) is 17.0. The molecule has 0 saturated heterocycles. The van der Waals surface area contributed by atoms with Crippen LogP contribution in [0.15, 0.2) is 36.4 Å². The number of carbonyl (C=O) groups excluding carboxylic acids is 1. The number of aliphatic hydroxyl groups is 1. The predicted octanol–water partition coefficient (Wildman–Crippen LogP) is 3.27. The van der Waals surface area contributed by atoms with Crippen molar-refractivity contribution >= 4 is 5.91 Å². The van der Waals surface area contributed by atoms with E-state index in [4.69, 9.17) is 5.11 Å². The van der Waals surface area contributed by atoms with E-state index in [1.807, 2.05) is 0 Å². The zero-order valence-corrected chi connectivity index (χ0v) is 12.4. The summed E-state index contributed by atoms with van der Waals surface area (Å²) in [5.74, 6) is -4.35. The third-order valence-corrected chi connectivity index (χ3v) is 3.31. The summed E-state index contributed by atoms with van der Waals surface area (Å²) in [4.78, 5) is 11.9. The minimum Gasteiger partial charge on any atom is -0.393 e. The molecule has 0 bridgehead atoms. The Hall–Kier alpha value is -2.34. The van der Waals surface area contributed by atoms with Gasteiger partial charge in [-0.1, -0.05) is 12.1 Å². The second kappa shape index (κ2) is 7.28. The van der Waals surface area contributed by atoms with Crippen molar-refractivity contribution < 1.29 is 23.1 Å². The third kappa shape index (κ3) is 4.32. The maximum atomic E-state index is 13.2. The zero-order chi connectivity index (χ0) is 17.0. The molecule has 2 rings (SSSR count). The van der Waals surface area contributed by atoms with Gasteiger partial charge in [0.2, 0.25) is 0 Å². The molecule has 2 N–H and O–H groups in total. The SMILES string of the molecule is CC(O)CCNC(=O)c1ccc(-c2cc(F)c(F)c(F)c2)cc1. The number of benzene rings is 2. The van der Waals surface area contributed by atoms with E-state index in [0.717, 1.165) is 12.1 Å². The summed E-state index contributed by atoms with van der Waals surface area (Å²) in [7, 11) is 0. The van der Waals surface area contributed by atoms with Gasteiger partial charge in [0.05, 0.1) is 6.10 Å². The molecule has 1 amide bonds. The molecule has 0 radical (unpaired) electrons. The van der Waals surface area contributed by atoms with Crippen molar-refractivity contribution in [3.05, 3.63) is 59.4 Å². The van der Waals surface area contributed by atoms with Crippen molar-refractivity contribution in [2.75, 3.05) is 6.54 Å². The topological polar surface area (TPSA) is 49.3 Å². The Kier molecular flexibility index (Phi) is 5.39. The Balaban J connectivity index is 2.12. The van der Waals surface area contributed by atoms with Crippen LogP contribution in [0.2, 0.25) is 0 Å². The fourth-order valence-electron chi connectivity index (χ4n) is 2.03. The van der Waals surface area contributed by atoms with Crippen molar-refractivity contribution in [2.45, 2.75) is 19.4 Å². The Bertz CT molecular complexity index is 676. The van der Waals surface area contributed by atoms with Crippen molar-refractivity contribution in [1.29, 1.82) is 0 Å². The second-order valence-electron chi connectivity index (χ2n) is 5.22. The summed E-state index contributed by atoms with van der Waals surface area (Å²) in [5.41, 5.74) is 1.02. The van der Waals surface area contributed by atoms with Crippen LogP contribution in [-0.4, -0.2) is 23.7 Å². The molecule has 23 heavy (non-hydrogen) atoms. The highest BCUT2D eigenvalue weighted by molar-refractivity contribution is 5.94. The second-order valence-corrected chi connectivity index (χ2v) is 5.22. The molecule has 2 aromatic carbocycles. The van der Waals surface area contributed by atoms with Gasteiger partial charge in [-0.3, -0.25) is 4.79 Å². The summed E-state index contributed by atoms with van der Waals surface area (Å²) >= 11 is 0. The first-order chi connectivity index (χ1) is 10.9. The number of hydrogen-bond donors (Lipinski definition) is 2. The highest BCUT2D eigenvalue weighted by Crippen LogP contribution is 2.24. The molecule has 0 spiro atoms. The summed E-state index contributed by atoms with van der Waals surface area (Å²) in [5, 5.41) is 11.8. The van der Waals surface area contributed by atoms with Crippen molar-refractivity contribution in [3.8, 4) is 11.1 Å². The van der Waals surface area contributed by atoms with Crippen LogP contribution in [0.1, 0.15) is 23.7 Å². The average molecular weight is 323 g/mol. The molecule has 0 saturated carbocycles. The standard InChI is InChI=1S/C17H16F3NO2/c1-10(22)6-7-21-17(23)12-4-2-11(3-5-12)13-8-14(18)16(20)15(19)9-13/h2-5,8-10,22H,6-7H2,1H3,(H,21,23). The van der Waals surface area contributed by atoms with Crippen LogP contribution < -0.4 is 5.32 Å². The number of rotatable bonds is 5. The van der Waals surface area contributed by atoms with Gasteiger partial charge in [0, 0.05) is 12.1 Å². The van der Waals surface area contributed by atoms with Crippen LogP contribution in [0.5, 0.6) is 0 Å². The van der Waals surface area contributed by atoms with Crippen LogP contribution in [0.3, 0.4) is 0 Å². The van der Waals surface area contributed by atoms with E-state index in [2.05, 4.69) is 5.32 Å². The molecule has 0 aromatic heterocycles. The van der Waals surface area contributed by atoms with Crippen molar-refractivity contribution in [1.82, 2.24) is 5.32 Å². The van der Waals surface area contributed by atoms with E-state index in [1.54, 1.807) is 6.92 Å². The largest absolute Gasteiger partial charge is 0.393 e. The molecular formula is C17H16F3NO2. The first-order valence-electron chi connectivity index (χ1n) is 7.09. The molecule has 0 fully saturated rings. The van der Waals surface area contributed by atoms with Gasteiger partial charge in [-0.25, -0.2) is 13.2 Å². The lowest BCUT2D eigenvalue weighted by Crippen LogP contribution is -2.26. The van der Waals surface area contributed by atoms with Crippen LogP contribution in [0.4, 0.5) is 13.2 Å². The maximum absolute atomic E-state index is 13.2. The van der Waals surface area contributed by atoms with Crippen LogP contribution >= 0.6 is 0 Å². The molecule has 2 aromatic rings. The highest BCUT2D eigenvalue weighted by atomic mass is 19.2. The zero-order valence-electron chi connectivity index (χ0n) is 12.4. The van der Waals surface area contributed by atoms with E-state index in [-0.39, 0.29) is 11.5 Å². The first-order valence-corrected chi connectivity index (χ1v) is 7.09. The van der Waals surface area contributed by atoms with Gasteiger partial charge in [0.1, 0.15) is 0 Å². The maximum Gasteiger partial charge on any atom is 0.251 e. The monoisotopic (exact) mass is 323 g/mol. The van der Waals surface area contributed by atoms with Crippen LogP contribution in [-0.2, 0) is 0 Å². The summed E-state index contributed by atoms with van der Waals surface area (Å²) < 4.78 is 39.4. The lowest BCUT2D eigenvalue weighted by atomic mass is 10.0. The number of aliphatic hydroxyl groups excluding tert-OH is 1. The minimum atomic E-state index is -1.51. The molecule has 122 valence electrons. The van der Waals surface area contributed by atoms with E-state index in [9.17, 15) is 18.0 Å². The number of amides is 1. The van der Waals surface area contributed by atoms with Crippen molar-refractivity contribution in [3.63, 3.8) is 0 Å². The van der Waals surface area contributed by atoms with Gasteiger partial charge < -0.3 is 10.4 Å². The van der Waals surface area contributed by atoms with Gasteiger partial charge in [-0.05, 0) is 48.7 Å². The van der Waals surface area contributed by atoms with Crippen LogP contribution in [0.25, 0.3) is 11.1 Å². The fraction of sp³-hybridized carbons (Fsp3) is 0.235. The molecule has 0 heterocycles. The van der Waals surface area contributed by atoms with Gasteiger partial charge in [0.15, 0.2) is 17.5 Å². The number of nitrogens with one attached hydrogen (secondary N) is 1. The Morgan fingerprint density at radius 2 is 1.65 bits per heavy atom. The van der Waals surface area contributed by atoms with Gasteiger partial charge in [-0.2, -0.15) is 0 Å². The minimum absolute atomic E-state index is 0.183. The fourth-order valence-corrected chi connectivity index (χ4v) is 2.03. The van der Waals surface area contributed by atoms with E-state index in [0.29, 0.717) is 24.1 Å². The van der Waals surface area contributed by atoms with E-state index in [1.165, 1.54) is 24.3 Å². The Labute approximate surface area is 131 Å². The third-order valence-electron chi connectivity index (χ3n) is 3.31. The number of carbonyl (C=O) groups is 1. The van der Waals surface area contributed by atoms with E-state index >= 15 is 0 Å². The van der Waals surface area contributed by atoms with Crippen LogP contribution in [0, 0.1) is 17.5 Å². The highest BCUT2D eigenvalue weighted by Gasteiger charge is 2.12. The van der Waals surface area contributed by atoms with Gasteiger partial charge >= 0.3 is 0 Å². The Morgan fingerprint density at radius 1 is 1.09 bits per heavy atom. The molecular weight excluding hydrogens is 307 g/mol. The number of hydrogen-bond acceptors (Lipinski definition) is 2. The number of halogens is 3. The molecule has 3 nitrogen and oxygen atoms in total. The van der Waals surface area contributed by atoms with Crippen molar-refractivity contribution in [2.24, 2.45) is 0 Å².